The monoisotopic (exact) mass is 324 g/mol. The Bertz CT molecular complexity index is 566. The number of benzene rings is 1. The SMILES string of the molecule is CCc1c(Cl)ccc(C(O)=C(C(C)=O)C(=O)[O-])c1Cl.[Na+]. The number of aliphatic carboxylic acids is 1. The van der Waals surface area contributed by atoms with E-state index in [2.05, 4.69) is 0 Å². The first-order valence-electron chi connectivity index (χ1n) is 5.44. The van der Waals surface area contributed by atoms with Gasteiger partial charge < -0.3 is 15.0 Å². The Morgan fingerprint density at radius 1 is 1.30 bits per heavy atom. The molecule has 0 aliphatic heterocycles. The van der Waals surface area contributed by atoms with Gasteiger partial charge >= 0.3 is 29.6 Å². The summed E-state index contributed by atoms with van der Waals surface area (Å²) < 4.78 is 0. The molecule has 1 aromatic rings. The van der Waals surface area contributed by atoms with Crippen molar-refractivity contribution in [3.8, 4) is 0 Å². The van der Waals surface area contributed by atoms with Crippen LogP contribution in [0.5, 0.6) is 0 Å². The van der Waals surface area contributed by atoms with Crippen LogP contribution in [-0.4, -0.2) is 16.9 Å². The molecule has 0 aliphatic rings. The summed E-state index contributed by atoms with van der Waals surface area (Å²) in [6.45, 7) is 2.83. The number of carbonyl (C=O) groups is 2. The largest absolute Gasteiger partial charge is 1.00 e. The molecule has 1 rings (SSSR count). The number of halogens is 2. The molecule has 0 spiro atoms. The third kappa shape index (κ3) is 3.99. The zero-order valence-electron chi connectivity index (χ0n) is 11.3. The van der Waals surface area contributed by atoms with Crippen molar-refractivity contribution in [3.05, 3.63) is 38.9 Å². The van der Waals surface area contributed by atoms with Crippen LogP contribution in [0.3, 0.4) is 0 Å². The van der Waals surface area contributed by atoms with Gasteiger partial charge in [-0.15, -0.1) is 0 Å². The van der Waals surface area contributed by atoms with Gasteiger partial charge in [0.05, 0.1) is 16.6 Å². The smallest absolute Gasteiger partial charge is 0.545 e. The molecule has 0 unspecified atom stereocenters. The first-order chi connectivity index (χ1) is 8.81. The van der Waals surface area contributed by atoms with Crippen molar-refractivity contribution in [2.75, 3.05) is 0 Å². The minimum absolute atomic E-state index is 0. The molecule has 4 nitrogen and oxygen atoms in total. The van der Waals surface area contributed by atoms with Crippen LogP contribution in [0.1, 0.15) is 25.0 Å². The van der Waals surface area contributed by atoms with Crippen molar-refractivity contribution >= 4 is 40.7 Å². The van der Waals surface area contributed by atoms with Gasteiger partial charge in [0.15, 0.2) is 5.78 Å². The van der Waals surface area contributed by atoms with E-state index in [1.54, 1.807) is 0 Å². The first-order valence-corrected chi connectivity index (χ1v) is 6.19. The fraction of sp³-hybridized carbons (Fsp3) is 0.231. The fourth-order valence-electron chi connectivity index (χ4n) is 1.65. The van der Waals surface area contributed by atoms with Gasteiger partial charge in [0.25, 0.3) is 0 Å². The number of hydrogen-bond donors (Lipinski definition) is 1. The van der Waals surface area contributed by atoms with E-state index >= 15 is 0 Å². The molecule has 20 heavy (non-hydrogen) atoms. The van der Waals surface area contributed by atoms with E-state index in [0.29, 0.717) is 17.0 Å². The molecule has 0 radical (unpaired) electrons. The number of carboxylic acids is 1. The maximum absolute atomic E-state index is 11.2. The van der Waals surface area contributed by atoms with Gasteiger partial charge in [0.2, 0.25) is 0 Å². The quantitative estimate of drug-likeness (QED) is 0.258. The molecule has 7 heteroatoms. The van der Waals surface area contributed by atoms with E-state index in [-0.39, 0.29) is 40.1 Å². The van der Waals surface area contributed by atoms with E-state index in [0.717, 1.165) is 6.92 Å². The van der Waals surface area contributed by atoms with Crippen LogP contribution >= 0.6 is 23.2 Å². The number of Topliss-reactive ketones (excluding diaryl/α,β-unsaturated/α-hetero) is 1. The van der Waals surface area contributed by atoms with Gasteiger partial charge in [-0.3, -0.25) is 4.79 Å². The normalized spacial score (nSPS) is 11.4. The number of rotatable bonds is 4. The standard InChI is InChI=1S/C13H12Cl2O4.Na/c1-3-7-9(14)5-4-8(11(7)15)12(17)10(6(2)16)13(18)19;/h4-5,17H,3H2,1-2H3,(H,18,19);/q;+1/p-1. The molecule has 0 aliphatic carbocycles. The van der Waals surface area contributed by atoms with E-state index < -0.39 is 23.1 Å². The van der Waals surface area contributed by atoms with E-state index in [4.69, 9.17) is 23.2 Å². The van der Waals surface area contributed by atoms with Crippen LogP contribution in [0, 0.1) is 0 Å². The molecule has 0 heterocycles. The summed E-state index contributed by atoms with van der Waals surface area (Å²) in [5.41, 5.74) is -0.211. The van der Waals surface area contributed by atoms with Crippen LogP contribution in [0.15, 0.2) is 17.7 Å². The Labute approximate surface area is 148 Å². The van der Waals surface area contributed by atoms with Crippen molar-refractivity contribution in [2.24, 2.45) is 0 Å². The Hall–Kier alpha value is -0.520. The van der Waals surface area contributed by atoms with Crippen LogP contribution in [0.2, 0.25) is 10.0 Å². The van der Waals surface area contributed by atoms with Crippen LogP contribution in [0.25, 0.3) is 5.76 Å². The van der Waals surface area contributed by atoms with Gasteiger partial charge in [-0.25, -0.2) is 0 Å². The second kappa shape index (κ2) is 8.05. The van der Waals surface area contributed by atoms with Gasteiger partial charge in [-0.05, 0) is 31.0 Å². The van der Waals surface area contributed by atoms with Crippen molar-refractivity contribution < 1.29 is 49.4 Å². The van der Waals surface area contributed by atoms with E-state index in [1.807, 2.05) is 6.92 Å². The Morgan fingerprint density at radius 3 is 2.25 bits per heavy atom. The van der Waals surface area contributed by atoms with E-state index in [9.17, 15) is 19.8 Å². The van der Waals surface area contributed by atoms with Crippen LogP contribution < -0.4 is 34.7 Å². The summed E-state index contributed by atoms with van der Waals surface area (Å²) in [5.74, 6) is -3.29. The Morgan fingerprint density at radius 2 is 1.85 bits per heavy atom. The number of carboxylic acid groups (broad SMARTS) is 1. The van der Waals surface area contributed by atoms with Gasteiger partial charge in [-0.1, -0.05) is 30.1 Å². The predicted octanol–water partition coefficient (Wildman–Crippen LogP) is -0.832. The molecule has 0 bridgehead atoms. The molecule has 0 saturated heterocycles. The summed E-state index contributed by atoms with van der Waals surface area (Å²) in [6.07, 6.45) is 0.500. The summed E-state index contributed by atoms with van der Waals surface area (Å²) in [5, 5.41) is 21.3. The molecule has 0 atom stereocenters. The maximum Gasteiger partial charge on any atom is 1.00 e. The molecule has 102 valence electrons. The average Bonchev–Trinajstić information content (AvgIpc) is 2.28. The van der Waals surface area contributed by atoms with Crippen molar-refractivity contribution in [1.29, 1.82) is 0 Å². The first kappa shape index (κ1) is 19.5. The van der Waals surface area contributed by atoms with Gasteiger partial charge in [0.1, 0.15) is 5.76 Å². The summed E-state index contributed by atoms with van der Waals surface area (Å²) in [4.78, 5) is 22.1. The molecule has 0 amide bonds. The number of aliphatic hydroxyl groups excluding tert-OH is 1. The minimum atomic E-state index is -1.76. The topological polar surface area (TPSA) is 77.4 Å². The summed E-state index contributed by atoms with van der Waals surface area (Å²) >= 11 is 12.0. The fourth-order valence-corrected chi connectivity index (χ4v) is 2.37. The van der Waals surface area contributed by atoms with Crippen LogP contribution in [-0.2, 0) is 16.0 Å². The van der Waals surface area contributed by atoms with Gasteiger partial charge in [-0.2, -0.15) is 0 Å². The molecular weight excluding hydrogens is 314 g/mol. The number of hydrogen-bond acceptors (Lipinski definition) is 4. The predicted molar refractivity (Wildman–Crippen MR) is 71.1 cm³/mol. The average molecular weight is 325 g/mol. The maximum atomic E-state index is 11.2. The molecule has 1 aromatic carbocycles. The van der Waals surface area contributed by atoms with Crippen LogP contribution in [0.4, 0.5) is 0 Å². The second-order valence-electron chi connectivity index (χ2n) is 3.81. The molecule has 0 saturated carbocycles. The summed E-state index contributed by atoms with van der Waals surface area (Å²) in [6, 6.07) is 2.83. The third-order valence-corrected chi connectivity index (χ3v) is 3.37. The molecule has 1 N–H and O–H groups in total. The molecular formula is C13H11Cl2NaO4. The van der Waals surface area contributed by atoms with Crippen molar-refractivity contribution in [3.63, 3.8) is 0 Å². The molecule has 0 fully saturated rings. The third-order valence-electron chi connectivity index (χ3n) is 2.59. The minimum Gasteiger partial charge on any atom is -0.545 e. The second-order valence-corrected chi connectivity index (χ2v) is 4.59. The van der Waals surface area contributed by atoms with E-state index in [1.165, 1.54) is 12.1 Å². The van der Waals surface area contributed by atoms with Crippen molar-refractivity contribution in [1.82, 2.24) is 0 Å². The van der Waals surface area contributed by atoms with Gasteiger partial charge in [0, 0.05) is 10.6 Å². The Kier molecular flexibility index (Phi) is 7.84. The summed E-state index contributed by atoms with van der Waals surface area (Å²) in [7, 11) is 0. The zero-order chi connectivity index (χ0) is 14.7. The Balaban J connectivity index is 0.00000361. The van der Waals surface area contributed by atoms with Crippen molar-refractivity contribution in [2.45, 2.75) is 20.3 Å². The number of aliphatic hydroxyl groups is 1. The number of carbonyl (C=O) groups excluding carboxylic acids is 2. The number of ketones is 1. The zero-order valence-corrected chi connectivity index (χ0v) is 14.8. The molecule has 0 aromatic heterocycles.